The largest absolute Gasteiger partial charge is 0.350 e. The molecule has 0 radical (unpaired) electrons. The minimum absolute atomic E-state index is 0.0474. The third-order valence-electron chi connectivity index (χ3n) is 3.45. The molecule has 1 atom stereocenters. The van der Waals surface area contributed by atoms with Crippen LogP contribution in [0.1, 0.15) is 24.9 Å². The minimum Gasteiger partial charge on any atom is -0.350 e. The van der Waals surface area contributed by atoms with Gasteiger partial charge in [-0.25, -0.2) is 13.1 Å². The summed E-state index contributed by atoms with van der Waals surface area (Å²) in [6.07, 6.45) is 0.0763. The summed E-state index contributed by atoms with van der Waals surface area (Å²) in [5, 5.41) is 2.85. The fourth-order valence-electron chi connectivity index (χ4n) is 2.13. The molecule has 0 aliphatic rings. The van der Waals surface area contributed by atoms with Crippen molar-refractivity contribution in [3.8, 4) is 0 Å². The molecular weight excluding hydrogens is 392 g/mol. The summed E-state index contributed by atoms with van der Waals surface area (Å²) in [5.74, 6) is -0.204. The number of benzene rings is 2. The first-order chi connectivity index (χ1) is 11.4. The van der Waals surface area contributed by atoms with Gasteiger partial charge >= 0.3 is 0 Å². The van der Waals surface area contributed by atoms with Gasteiger partial charge in [-0.15, -0.1) is 0 Å². The lowest BCUT2D eigenvalue weighted by Gasteiger charge is -2.14. The summed E-state index contributed by atoms with van der Waals surface area (Å²) < 4.78 is 27.5. The normalized spacial score (nSPS) is 12.6. The quantitative estimate of drug-likeness (QED) is 0.736. The molecule has 0 heterocycles. The molecule has 0 fully saturated rings. The van der Waals surface area contributed by atoms with Gasteiger partial charge in [0.1, 0.15) is 0 Å². The SMILES string of the molecule is C[C@@H](NC(=O)CCNS(=O)(=O)c1ccc(Br)cc1)c1ccccc1. The van der Waals surface area contributed by atoms with Gasteiger partial charge in [-0.2, -0.15) is 0 Å². The molecule has 24 heavy (non-hydrogen) atoms. The van der Waals surface area contributed by atoms with Crippen molar-refractivity contribution >= 4 is 31.9 Å². The van der Waals surface area contributed by atoms with Crippen molar-refractivity contribution in [2.45, 2.75) is 24.3 Å². The number of amides is 1. The Morgan fingerprint density at radius 3 is 2.33 bits per heavy atom. The molecular formula is C17H19BrN2O3S. The van der Waals surface area contributed by atoms with Crippen LogP contribution in [-0.2, 0) is 14.8 Å². The first-order valence-corrected chi connectivity index (χ1v) is 9.75. The van der Waals surface area contributed by atoms with E-state index in [2.05, 4.69) is 26.0 Å². The van der Waals surface area contributed by atoms with Crippen molar-refractivity contribution in [2.24, 2.45) is 0 Å². The average molecular weight is 411 g/mol. The van der Waals surface area contributed by atoms with E-state index < -0.39 is 10.0 Å². The van der Waals surface area contributed by atoms with Crippen LogP contribution in [0.25, 0.3) is 0 Å². The topological polar surface area (TPSA) is 75.3 Å². The third-order valence-corrected chi connectivity index (χ3v) is 5.45. The van der Waals surface area contributed by atoms with Crippen molar-refractivity contribution in [2.75, 3.05) is 6.54 Å². The van der Waals surface area contributed by atoms with Gasteiger partial charge < -0.3 is 5.32 Å². The summed E-state index contributed by atoms with van der Waals surface area (Å²) in [7, 11) is -3.60. The van der Waals surface area contributed by atoms with Crippen LogP contribution in [0.4, 0.5) is 0 Å². The van der Waals surface area contributed by atoms with Gasteiger partial charge in [0.2, 0.25) is 15.9 Å². The Morgan fingerprint density at radius 2 is 1.71 bits per heavy atom. The number of rotatable bonds is 7. The molecule has 2 aromatic carbocycles. The lowest BCUT2D eigenvalue weighted by atomic mass is 10.1. The molecule has 128 valence electrons. The van der Waals surface area contributed by atoms with Crippen LogP contribution in [0.5, 0.6) is 0 Å². The number of hydrogen-bond acceptors (Lipinski definition) is 3. The van der Waals surface area contributed by atoms with Gasteiger partial charge in [0.25, 0.3) is 0 Å². The van der Waals surface area contributed by atoms with E-state index in [0.717, 1.165) is 10.0 Å². The zero-order chi connectivity index (χ0) is 17.6. The van der Waals surface area contributed by atoms with E-state index in [-0.39, 0.29) is 29.8 Å². The molecule has 7 heteroatoms. The zero-order valence-electron chi connectivity index (χ0n) is 13.2. The number of hydrogen-bond donors (Lipinski definition) is 2. The van der Waals surface area contributed by atoms with Crippen LogP contribution in [-0.4, -0.2) is 20.9 Å². The van der Waals surface area contributed by atoms with E-state index >= 15 is 0 Å². The number of halogens is 1. The fourth-order valence-corrected chi connectivity index (χ4v) is 3.43. The summed E-state index contributed by atoms with van der Waals surface area (Å²) in [4.78, 5) is 12.1. The Bertz CT molecular complexity index is 777. The maximum Gasteiger partial charge on any atom is 0.240 e. The second-order valence-electron chi connectivity index (χ2n) is 5.30. The Hall–Kier alpha value is -1.70. The number of carbonyl (C=O) groups excluding carboxylic acids is 1. The lowest BCUT2D eigenvalue weighted by molar-refractivity contribution is -0.121. The summed E-state index contributed by atoms with van der Waals surface area (Å²) in [5.41, 5.74) is 1.00. The van der Waals surface area contributed by atoms with Crippen LogP contribution in [0, 0.1) is 0 Å². The van der Waals surface area contributed by atoms with E-state index in [1.807, 2.05) is 37.3 Å². The predicted octanol–water partition coefficient (Wildman–Crippen LogP) is 2.99. The van der Waals surface area contributed by atoms with E-state index in [1.165, 1.54) is 12.1 Å². The second-order valence-corrected chi connectivity index (χ2v) is 7.98. The van der Waals surface area contributed by atoms with E-state index in [0.29, 0.717) is 0 Å². The highest BCUT2D eigenvalue weighted by Crippen LogP contribution is 2.14. The molecule has 0 saturated heterocycles. The number of nitrogens with one attached hydrogen (secondary N) is 2. The van der Waals surface area contributed by atoms with Gasteiger partial charge in [-0.3, -0.25) is 4.79 Å². The Labute approximate surface area is 150 Å². The maximum absolute atomic E-state index is 12.1. The molecule has 0 saturated carbocycles. The van der Waals surface area contributed by atoms with Gasteiger partial charge in [0.05, 0.1) is 10.9 Å². The Morgan fingerprint density at radius 1 is 1.08 bits per heavy atom. The van der Waals surface area contributed by atoms with Crippen molar-refractivity contribution < 1.29 is 13.2 Å². The molecule has 0 bridgehead atoms. The highest BCUT2D eigenvalue weighted by atomic mass is 79.9. The molecule has 1 amide bonds. The van der Waals surface area contributed by atoms with E-state index in [1.54, 1.807) is 12.1 Å². The molecule has 0 unspecified atom stereocenters. The molecule has 2 rings (SSSR count). The summed E-state index contributed by atoms with van der Waals surface area (Å²) in [6, 6.07) is 15.8. The van der Waals surface area contributed by atoms with Crippen LogP contribution in [0.3, 0.4) is 0 Å². The average Bonchev–Trinajstić information content (AvgIpc) is 2.56. The first kappa shape index (κ1) is 18.6. The van der Waals surface area contributed by atoms with Crippen LogP contribution in [0.2, 0.25) is 0 Å². The van der Waals surface area contributed by atoms with Crippen molar-refractivity contribution in [1.82, 2.24) is 10.0 Å². The minimum atomic E-state index is -3.60. The van der Waals surface area contributed by atoms with Crippen molar-refractivity contribution in [3.05, 3.63) is 64.6 Å². The molecule has 2 N–H and O–H groups in total. The molecule has 0 aromatic heterocycles. The molecule has 2 aromatic rings. The molecule has 0 aliphatic carbocycles. The van der Waals surface area contributed by atoms with Gasteiger partial charge in [0, 0.05) is 17.4 Å². The van der Waals surface area contributed by atoms with Crippen LogP contribution >= 0.6 is 15.9 Å². The fraction of sp³-hybridized carbons (Fsp3) is 0.235. The van der Waals surface area contributed by atoms with Gasteiger partial charge in [0.15, 0.2) is 0 Å². The number of carbonyl (C=O) groups is 1. The van der Waals surface area contributed by atoms with Crippen LogP contribution < -0.4 is 10.0 Å². The highest BCUT2D eigenvalue weighted by molar-refractivity contribution is 9.10. The Kier molecular flexibility index (Phi) is 6.53. The third kappa shape index (κ3) is 5.43. The monoisotopic (exact) mass is 410 g/mol. The second kappa shape index (κ2) is 8.41. The van der Waals surface area contributed by atoms with E-state index in [4.69, 9.17) is 0 Å². The van der Waals surface area contributed by atoms with Gasteiger partial charge in [-0.05, 0) is 36.8 Å². The lowest BCUT2D eigenvalue weighted by Crippen LogP contribution is -2.32. The summed E-state index contributed by atoms with van der Waals surface area (Å²) >= 11 is 3.26. The van der Waals surface area contributed by atoms with Crippen molar-refractivity contribution in [1.29, 1.82) is 0 Å². The Balaban J connectivity index is 1.83. The first-order valence-electron chi connectivity index (χ1n) is 7.48. The van der Waals surface area contributed by atoms with Gasteiger partial charge in [-0.1, -0.05) is 46.3 Å². The molecule has 5 nitrogen and oxygen atoms in total. The highest BCUT2D eigenvalue weighted by Gasteiger charge is 2.15. The standard InChI is InChI=1S/C17H19BrN2O3S/c1-13(14-5-3-2-4-6-14)20-17(21)11-12-19-24(22,23)16-9-7-15(18)8-10-16/h2-10,13,19H,11-12H2,1H3,(H,20,21)/t13-/m1/s1. The van der Waals surface area contributed by atoms with Crippen molar-refractivity contribution in [3.63, 3.8) is 0 Å². The van der Waals surface area contributed by atoms with Crippen LogP contribution in [0.15, 0.2) is 64.0 Å². The zero-order valence-corrected chi connectivity index (χ0v) is 15.6. The predicted molar refractivity (Wildman–Crippen MR) is 96.9 cm³/mol. The molecule has 0 spiro atoms. The maximum atomic E-state index is 12.1. The van der Waals surface area contributed by atoms with E-state index in [9.17, 15) is 13.2 Å². The summed E-state index contributed by atoms with van der Waals surface area (Å²) in [6.45, 7) is 1.94. The molecule has 0 aliphatic heterocycles. The smallest absolute Gasteiger partial charge is 0.240 e. The number of sulfonamides is 1.